The number of aliphatic carboxylic acids is 1. The zero-order valence-corrected chi connectivity index (χ0v) is 7.42. The summed E-state index contributed by atoms with van der Waals surface area (Å²) in [7, 11) is 0. The molecule has 0 aromatic heterocycles. The molecule has 0 aliphatic heterocycles. The maximum absolute atomic E-state index is 10.3. The summed E-state index contributed by atoms with van der Waals surface area (Å²) in [6.45, 7) is 5.36. The number of carboxylic acids is 1. The molecule has 2 N–H and O–H groups in total. The Labute approximate surface area is 72.7 Å². The van der Waals surface area contributed by atoms with Crippen molar-refractivity contribution in [3.63, 3.8) is 0 Å². The number of carboxylic acid groups (broad SMARTS) is 1. The number of rotatable bonds is 6. The van der Waals surface area contributed by atoms with Gasteiger partial charge in [-0.3, -0.25) is 0 Å². The third-order valence-electron chi connectivity index (χ3n) is 1.70. The summed E-state index contributed by atoms with van der Waals surface area (Å²) >= 11 is 0. The summed E-state index contributed by atoms with van der Waals surface area (Å²) < 4.78 is 0. The van der Waals surface area contributed by atoms with Crippen LogP contribution in [0.4, 0.5) is 0 Å². The molecule has 12 heavy (non-hydrogen) atoms. The van der Waals surface area contributed by atoms with Gasteiger partial charge in [-0.2, -0.15) is 0 Å². The molecule has 0 bridgehead atoms. The first-order valence-corrected chi connectivity index (χ1v) is 4.17. The Morgan fingerprint density at radius 2 is 2.08 bits per heavy atom. The second-order valence-electron chi connectivity index (χ2n) is 2.89. The molecule has 0 amide bonds. The zero-order valence-electron chi connectivity index (χ0n) is 7.42. The molecule has 0 aromatic carbocycles. The SMILES string of the molecule is C=C(CC[C@@H](O)CCC)C(=O)O. The fourth-order valence-electron chi connectivity index (χ4n) is 0.925. The van der Waals surface area contributed by atoms with E-state index in [-0.39, 0.29) is 11.7 Å². The molecule has 0 aliphatic rings. The Kier molecular flexibility index (Phi) is 5.37. The summed E-state index contributed by atoms with van der Waals surface area (Å²) in [6.07, 6.45) is 2.13. The van der Waals surface area contributed by atoms with Crippen LogP contribution in [0.25, 0.3) is 0 Å². The van der Waals surface area contributed by atoms with Crippen LogP contribution in [0.5, 0.6) is 0 Å². The van der Waals surface area contributed by atoms with Crippen LogP contribution >= 0.6 is 0 Å². The quantitative estimate of drug-likeness (QED) is 0.598. The topological polar surface area (TPSA) is 57.5 Å². The molecule has 0 aromatic rings. The van der Waals surface area contributed by atoms with E-state index in [2.05, 4.69) is 6.58 Å². The highest BCUT2D eigenvalue weighted by Gasteiger charge is 2.07. The molecule has 0 radical (unpaired) electrons. The lowest BCUT2D eigenvalue weighted by Crippen LogP contribution is -2.08. The largest absolute Gasteiger partial charge is 0.478 e. The van der Waals surface area contributed by atoms with E-state index in [1.165, 1.54) is 0 Å². The van der Waals surface area contributed by atoms with Crippen molar-refractivity contribution in [2.45, 2.75) is 38.7 Å². The van der Waals surface area contributed by atoms with Crippen LogP contribution in [0.2, 0.25) is 0 Å². The van der Waals surface area contributed by atoms with Crippen molar-refractivity contribution in [1.29, 1.82) is 0 Å². The third-order valence-corrected chi connectivity index (χ3v) is 1.70. The first kappa shape index (κ1) is 11.2. The minimum absolute atomic E-state index is 0.171. The highest BCUT2D eigenvalue weighted by atomic mass is 16.4. The Balaban J connectivity index is 3.54. The van der Waals surface area contributed by atoms with Crippen LogP contribution in [0.1, 0.15) is 32.6 Å². The van der Waals surface area contributed by atoms with Gasteiger partial charge in [-0.15, -0.1) is 0 Å². The molecule has 0 saturated heterocycles. The van der Waals surface area contributed by atoms with Crippen LogP contribution in [0, 0.1) is 0 Å². The standard InChI is InChI=1S/C9H16O3/c1-3-4-8(10)6-5-7(2)9(11)12/h8,10H,2-6H2,1H3,(H,11,12)/t8-/m0/s1. The molecule has 0 heterocycles. The van der Waals surface area contributed by atoms with Gasteiger partial charge in [-0.05, 0) is 19.3 Å². The molecule has 3 nitrogen and oxygen atoms in total. The summed E-state index contributed by atoms with van der Waals surface area (Å²) in [5.41, 5.74) is 0.171. The van der Waals surface area contributed by atoms with Crippen LogP contribution in [0.3, 0.4) is 0 Å². The lowest BCUT2D eigenvalue weighted by atomic mass is 10.1. The zero-order chi connectivity index (χ0) is 9.56. The highest BCUT2D eigenvalue weighted by Crippen LogP contribution is 2.09. The fraction of sp³-hybridized carbons (Fsp3) is 0.667. The molecule has 0 aliphatic carbocycles. The van der Waals surface area contributed by atoms with E-state index in [1.54, 1.807) is 0 Å². The van der Waals surface area contributed by atoms with Crippen molar-refractivity contribution in [2.24, 2.45) is 0 Å². The van der Waals surface area contributed by atoms with Gasteiger partial charge in [0.25, 0.3) is 0 Å². The van der Waals surface area contributed by atoms with Gasteiger partial charge in [0.05, 0.1) is 6.10 Å². The average Bonchev–Trinajstić information content (AvgIpc) is 2.00. The minimum Gasteiger partial charge on any atom is -0.478 e. The van der Waals surface area contributed by atoms with Crippen LogP contribution in [-0.2, 0) is 4.79 Å². The van der Waals surface area contributed by atoms with Gasteiger partial charge in [0.2, 0.25) is 0 Å². The summed E-state index contributed by atoms with van der Waals surface area (Å²) in [4.78, 5) is 10.3. The molecular weight excluding hydrogens is 156 g/mol. The molecule has 3 heteroatoms. The third kappa shape index (κ3) is 4.91. The van der Waals surface area contributed by atoms with Crippen molar-refractivity contribution >= 4 is 5.97 Å². The fourth-order valence-corrected chi connectivity index (χ4v) is 0.925. The van der Waals surface area contributed by atoms with E-state index in [4.69, 9.17) is 5.11 Å². The van der Waals surface area contributed by atoms with Crippen LogP contribution in [0.15, 0.2) is 12.2 Å². The molecule has 1 atom stereocenters. The Morgan fingerprint density at radius 3 is 2.50 bits per heavy atom. The minimum atomic E-state index is -0.973. The van der Waals surface area contributed by atoms with E-state index < -0.39 is 5.97 Å². The monoisotopic (exact) mass is 172 g/mol. The maximum atomic E-state index is 10.3. The van der Waals surface area contributed by atoms with Gasteiger partial charge in [0.15, 0.2) is 0 Å². The van der Waals surface area contributed by atoms with Gasteiger partial charge >= 0.3 is 5.97 Å². The molecular formula is C9H16O3. The van der Waals surface area contributed by atoms with Crippen molar-refractivity contribution < 1.29 is 15.0 Å². The van der Waals surface area contributed by atoms with E-state index >= 15 is 0 Å². The van der Waals surface area contributed by atoms with Crippen LogP contribution in [-0.4, -0.2) is 22.3 Å². The molecule has 0 fully saturated rings. The number of aliphatic hydroxyl groups is 1. The average molecular weight is 172 g/mol. The second kappa shape index (κ2) is 5.77. The Hall–Kier alpha value is -0.830. The number of carbonyl (C=O) groups is 1. The maximum Gasteiger partial charge on any atom is 0.330 e. The summed E-state index contributed by atoms with van der Waals surface area (Å²) in [5, 5.41) is 17.7. The predicted molar refractivity (Wildman–Crippen MR) is 46.9 cm³/mol. The molecule has 0 unspecified atom stereocenters. The first-order valence-electron chi connectivity index (χ1n) is 4.17. The second-order valence-corrected chi connectivity index (χ2v) is 2.89. The van der Waals surface area contributed by atoms with Crippen molar-refractivity contribution in [3.8, 4) is 0 Å². The Morgan fingerprint density at radius 1 is 1.50 bits per heavy atom. The van der Waals surface area contributed by atoms with E-state index in [0.29, 0.717) is 12.8 Å². The number of hydrogen-bond acceptors (Lipinski definition) is 2. The van der Waals surface area contributed by atoms with E-state index in [1.807, 2.05) is 6.92 Å². The molecule has 0 saturated carbocycles. The molecule has 0 rings (SSSR count). The van der Waals surface area contributed by atoms with Crippen molar-refractivity contribution in [2.75, 3.05) is 0 Å². The van der Waals surface area contributed by atoms with E-state index in [0.717, 1.165) is 12.8 Å². The first-order chi connectivity index (χ1) is 5.57. The predicted octanol–water partition coefficient (Wildman–Crippen LogP) is 1.57. The number of hydrogen-bond donors (Lipinski definition) is 2. The number of aliphatic hydroxyl groups excluding tert-OH is 1. The Bertz CT molecular complexity index is 163. The lowest BCUT2D eigenvalue weighted by molar-refractivity contribution is -0.132. The smallest absolute Gasteiger partial charge is 0.330 e. The molecule has 0 spiro atoms. The summed E-state index contributed by atoms with van der Waals surface area (Å²) in [6, 6.07) is 0. The van der Waals surface area contributed by atoms with Crippen LogP contribution < -0.4 is 0 Å². The summed E-state index contributed by atoms with van der Waals surface area (Å²) in [5.74, 6) is -0.973. The van der Waals surface area contributed by atoms with E-state index in [9.17, 15) is 9.90 Å². The van der Waals surface area contributed by atoms with Gasteiger partial charge < -0.3 is 10.2 Å². The van der Waals surface area contributed by atoms with Gasteiger partial charge in [-0.1, -0.05) is 19.9 Å². The van der Waals surface area contributed by atoms with Gasteiger partial charge in [-0.25, -0.2) is 4.79 Å². The van der Waals surface area contributed by atoms with Crippen molar-refractivity contribution in [3.05, 3.63) is 12.2 Å². The normalized spacial score (nSPS) is 12.5. The van der Waals surface area contributed by atoms with Gasteiger partial charge in [0, 0.05) is 5.57 Å². The molecule has 70 valence electrons. The van der Waals surface area contributed by atoms with Gasteiger partial charge in [0.1, 0.15) is 0 Å². The highest BCUT2D eigenvalue weighted by molar-refractivity contribution is 5.85. The lowest BCUT2D eigenvalue weighted by Gasteiger charge is -2.07. The van der Waals surface area contributed by atoms with Crippen molar-refractivity contribution in [1.82, 2.24) is 0 Å².